The number of methoxy groups -OCH3 is 1. The normalized spacial score (nSPS) is 12.6. The number of imidazole rings is 1. The van der Waals surface area contributed by atoms with Crippen molar-refractivity contribution < 1.29 is 4.74 Å². The third kappa shape index (κ3) is 2.12. The summed E-state index contributed by atoms with van der Waals surface area (Å²) in [5, 5.41) is -0.200. The number of rotatable bonds is 3. The summed E-state index contributed by atoms with van der Waals surface area (Å²) in [6, 6.07) is 9.76. The molecule has 4 nitrogen and oxygen atoms in total. The number of hydrogen-bond donors (Lipinski definition) is 0. The number of alkyl halides is 1. The van der Waals surface area contributed by atoms with E-state index in [1.54, 1.807) is 19.5 Å². The smallest absolute Gasteiger partial charge is 0.132 e. The summed E-state index contributed by atoms with van der Waals surface area (Å²) in [6.07, 6.45) is 3.50. The van der Waals surface area contributed by atoms with E-state index >= 15 is 0 Å². The Morgan fingerprint density at radius 3 is 2.90 bits per heavy atom. The van der Waals surface area contributed by atoms with Crippen molar-refractivity contribution in [1.82, 2.24) is 14.5 Å². The third-order valence-electron chi connectivity index (χ3n) is 3.15. The molecule has 2 aromatic heterocycles. The minimum Gasteiger partial charge on any atom is -0.497 e. The van der Waals surface area contributed by atoms with E-state index in [9.17, 15) is 0 Å². The quantitative estimate of drug-likeness (QED) is 0.689. The Morgan fingerprint density at radius 1 is 1.30 bits per heavy atom. The predicted molar refractivity (Wildman–Crippen MR) is 79.7 cm³/mol. The molecule has 102 valence electrons. The molecule has 0 saturated heterocycles. The van der Waals surface area contributed by atoms with Crippen molar-refractivity contribution in [3.63, 3.8) is 0 Å². The Balaban J connectivity index is 2.30. The molecule has 20 heavy (non-hydrogen) atoms. The van der Waals surface area contributed by atoms with Gasteiger partial charge in [-0.1, -0.05) is 6.07 Å². The molecule has 0 amide bonds. The van der Waals surface area contributed by atoms with Crippen LogP contribution in [0, 0.1) is 0 Å². The van der Waals surface area contributed by atoms with Crippen LogP contribution in [0.25, 0.3) is 16.7 Å². The van der Waals surface area contributed by atoms with Crippen LogP contribution in [0.2, 0.25) is 0 Å². The molecule has 1 aromatic carbocycles. The highest BCUT2D eigenvalue weighted by molar-refractivity contribution is 6.20. The highest BCUT2D eigenvalue weighted by atomic mass is 35.5. The molecule has 0 aliphatic carbocycles. The molecule has 0 radical (unpaired) electrons. The molecule has 1 atom stereocenters. The van der Waals surface area contributed by atoms with Crippen molar-refractivity contribution in [1.29, 1.82) is 0 Å². The van der Waals surface area contributed by atoms with Crippen molar-refractivity contribution in [2.75, 3.05) is 7.11 Å². The van der Waals surface area contributed by atoms with Crippen LogP contribution in [-0.2, 0) is 0 Å². The molecule has 0 aliphatic rings. The van der Waals surface area contributed by atoms with Gasteiger partial charge in [0.25, 0.3) is 0 Å². The Hall–Kier alpha value is -2.07. The largest absolute Gasteiger partial charge is 0.497 e. The number of benzene rings is 1. The summed E-state index contributed by atoms with van der Waals surface area (Å²) in [5.41, 5.74) is 2.79. The first-order chi connectivity index (χ1) is 9.70. The van der Waals surface area contributed by atoms with Gasteiger partial charge in [-0.3, -0.25) is 9.55 Å². The van der Waals surface area contributed by atoms with Gasteiger partial charge in [-0.05, 0) is 25.1 Å². The number of ether oxygens (including phenoxy) is 1. The molecular formula is C15H14ClN3O. The standard InChI is InChI=1S/C15H14ClN3O/c1-10(16)15-18-13-9-17-7-6-14(13)19(15)11-4-3-5-12(8-11)20-2/h3-10H,1-2H3. The van der Waals surface area contributed by atoms with Crippen LogP contribution in [0.4, 0.5) is 0 Å². The molecule has 0 aliphatic heterocycles. The molecule has 3 aromatic rings. The lowest BCUT2D eigenvalue weighted by Gasteiger charge is -2.11. The summed E-state index contributed by atoms with van der Waals surface area (Å²) < 4.78 is 7.33. The van der Waals surface area contributed by atoms with Crippen LogP contribution in [0.1, 0.15) is 18.1 Å². The van der Waals surface area contributed by atoms with Gasteiger partial charge in [0.1, 0.15) is 17.1 Å². The maximum absolute atomic E-state index is 6.27. The summed E-state index contributed by atoms with van der Waals surface area (Å²) in [4.78, 5) is 8.68. The van der Waals surface area contributed by atoms with Crippen molar-refractivity contribution in [3.05, 3.63) is 48.5 Å². The zero-order chi connectivity index (χ0) is 14.1. The van der Waals surface area contributed by atoms with Crippen molar-refractivity contribution in [2.24, 2.45) is 0 Å². The maximum Gasteiger partial charge on any atom is 0.132 e. The van der Waals surface area contributed by atoms with E-state index in [0.29, 0.717) is 0 Å². The van der Waals surface area contributed by atoms with Crippen LogP contribution in [0.3, 0.4) is 0 Å². The second-order valence-corrected chi connectivity index (χ2v) is 5.14. The lowest BCUT2D eigenvalue weighted by molar-refractivity contribution is 0.414. The van der Waals surface area contributed by atoms with Crippen LogP contribution in [0.15, 0.2) is 42.7 Å². The van der Waals surface area contributed by atoms with E-state index in [0.717, 1.165) is 28.3 Å². The average molecular weight is 288 g/mol. The Bertz CT molecular complexity index is 752. The summed E-state index contributed by atoms with van der Waals surface area (Å²) in [6.45, 7) is 1.91. The highest BCUT2D eigenvalue weighted by Crippen LogP contribution is 2.28. The fourth-order valence-corrected chi connectivity index (χ4v) is 2.38. The predicted octanol–water partition coefficient (Wildman–Crippen LogP) is 3.73. The van der Waals surface area contributed by atoms with E-state index in [2.05, 4.69) is 9.97 Å². The summed E-state index contributed by atoms with van der Waals surface area (Å²) in [7, 11) is 1.65. The second-order valence-electron chi connectivity index (χ2n) is 4.49. The zero-order valence-corrected chi connectivity index (χ0v) is 12.0. The molecule has 0 bridgehead atoms. The molecule has 0 saturated carbocycles. The number of fused-ring (bicyclic) bond motifs is 1. The number of halogens is 1. The molecule has 1 unspecified atom stereocenters. The van der Waals surface area contributed by atoms with Gasteiger partial charge in [0, 0.05) is 12.3 Å². The number of hydrogen-bond acceptors (Lipinski definition) is 3. The molecular weight excluding hydrogens is 274 g/mol. The molecule has 2 heterocycles. The van der Waals surface area contributed by atoms with Crippen LogP contribution in [0.5, 0.6) is 5.75 Å². The third-order valence-corrected chi connectivity index (χ3v) is 3.35. The molecule has 0 spiro atoms. The first-order valence-corrected chi connectivity index (χ1v) is 6.75. The lowest BCUT2D eigenvalue weighted by atomic mass is 10.2. The van der Waals surface area contributed by atoms with E-state index < -0.39 is 0 Å². The SMILES string of the molecule is COc1cccc(-n2c(C(C)Cl)nc3cnccc32)c1. The minimum absolute atomic E-state index is 0.200. The van der Waals surface area contributed by atoms with Crippen molar-refractivity contribution >= 4 is 22.6 Å². The molecule has 3 rings (SSSR count). The maximum atomic E-state index is 6.27. The van der Waals surface area contributed by atoms with Gasteiger partial charge in [0.05, 0.1) is 29.9 Å². The van der Waals surface area contributed by atoms with E-state index in [1.807, 2.05) is 41.8 Å². The van der Waals surface area contributed by atoms with Crippen LogP contribution >= 0.6 is 11.6 Å². The van der Waals surface area contributed by atoms with Gasteiger partial charge >= 0.3 is 0 Å². The van der Waals surface area contributed by atoms with E-state index in [-0.39, 0.29) is 5.38 Å². The van der Waals surface area contributed by atoms with Gasteiger partial charge in [0.2, 0.25) is 0 Å². The minimum atomic E-state index is -0.200. The average Bonchev–Trinajstić information content (AvgIpc) is 2.87. The highest BCUT2D eigenvalue weighted by Gasteiger charge is 2.16. The van der Waals surface area contributed by atoms with Gasteiger partial charge in [0.15, 0.2) is 0 Å². The monoisotopic (exact) mass is 287 g/mol. The van der Waals surface area contributed by atoms with Crippen LogP contribution in [-0.4, -0.2) is 21.6 Å². The van der Waals surface area contributed by atoms with Crippen molar-refractivity contribution in [3.8, 4) is 11.4 Å². The van der Waals surface area contributed by atoms with Gasteiger partial charge in [-0.15, -0.1) is 11.6 Å². The molecule has 0 N–H and O–H groups in total. The Morgan fingerprint density at radius 2 is 2.15 bits per heavy atom. The fourth-order valence-electron chi connectivity index (χ4n) is 2.24. The summed E-state index contributed by atoms with van der Waals surface area (Å²) in [5.74, 6) is 1.59. The number of nitrogens with zero attached hydrogens (tertiary/aromatic N) is 3. The fraction of sp³-hybridized carbons (Fsp3) is 0.200. The van der Waals surface area contributed by atoms with E-state index in [1.165, 1.54) is 0 Å². The van der Waals surface area contributed by atoms with Crippen molar-refractivity contribution in [2.45, 2.75) is 12.3 Å². The Kier molecular flexibility index (Phi) is 3.32. The van der Waals surface area contributed by atoms with E-state index in [4.69, 9.17) is 16.3 Å². The second kappa shape index (κ2) is 5.13. The van der Waals surface area contributed by atoms with Gasteiger partial charge in [-0.2, -0.15) is 0 Å². The first-order valence-electron chi connectivity index (χ1n) is 6.31. The van der Waals surface area contributed by atoms with Gasteiger partial charge in [-0.25, -0.2) is 4.98 Å². The van der Waals surface area contributed by atoms with Gasteiger partial charge < -0.3 is 4.74 Å². The number of aromatic nitrogens is 3. The molecule has 0 fully saturated rings. The number of pyridine rings is 1. The summed E-state index contributed by atoms with van der Waals surface area (Å²) >= 11 is 6.27. The topological polar surface area (TPSA) is 39.9 Å². The first kappa shape index (κ1) is 12.9. The lowest BCUT2D eigenvalue weighted by Crippen LogP contribution is -2.02. The zero-order valence-electron chi connectivity index (χ0n) is 11.2. The van der Waals surface area contributed by atoms with Crippen LogP contribution < -0.4 is 4.74 Å². The Labute approximate surface area is 122 Å². The molecule has 5 heteroatoms.